The van der Waals surface area contributed by atoms with Crippen LogP contribution in [0.1, 0.15) is 29.2 Å². The highest BCUT2D eigenvalue weighted by atomic mass is 35.5. The number of benzene rings is 1. The van der Waals surface area contributed by atoms with E-state index in [0.717, 1.165) is 12.8 Å². The van der Waals surface area contributed by atoms with Gasteiger partial charge in [0.25, 0.3) is 0 Å². The number of pyridine rings is 1. The van der Waals surface area contributed by atoms with Crippen molar-refractivity contribution in [3.8, 4) is 0 Å². The van der Waals surface area contributed by atoms with Gasteiger partial charge in [-0.3, -0.25) is 4.79 Å². The summed E-state index contributed by atoms with van der Waals surface area (Å²) in [5, 5.41) is 8.32. The molecule has 1 heterocycles. The van der Waals surface area contributed by atoms with Crippen LogP contribution in [0.2, 0.25) is 10.0 Å². The summed E-state index contributed by atoms with van der Waals surface area (Å²) in [7, 11) is 0. The second-order valence-corrected chi connectivity index (χ2v) is 5.48. The standard InChI is InChI=1S/C13H8Cl2FNO3/c14-7-3-8-9(10(15)11(7)16)12(18)6(13(19)20)4-17(8)5-1-2-5/h3-5H,1-2H2,(H,19,20). The number of rotatable bonds is 2. The van der Waals surface area contributed by atoms with Gasteiger partial charge in [-0.2, -0.15) is 0 Å². The summed E-state index contributed by atoms with van der Waals surface area (Å²) in [5.41, 5.74) is -0.864. The third-order valence-electron chi connectivity index (χ3n) is 3.33. The van der Waals surface area contributed by atoms with Crippen molar-refractivity contribution >= 4 is 40.1 Å². The summed E-state index contributed by atoms with van der Waals surface area (Å²) in [6, 6.07) is 1.40. The third kappa shape index (κ3) is 1.89. The van der Waals surface area contributed by atoms with E-state index in [1.165, 1.54) is 12.3 Å². The van der Waals surface area contributed by atoms with Crippen LogP contribution in [0.3, 0.4) is 0 Å². The first-order valence-corrected chi connectivity index (χ1v) is 6.63. The number of aromatic carboxylic acids is 1. The minimum absolute atomic E-state index is 0.0915. The number of hydrogen-bond donors (Lipinski definition) is 1. The Balaban J connectivity index is 2.52. The highest BCUT2D eigenvalue weighted by Crippen LogP contribution is 2.39. The first-order valence-electron chi connectivity index (χ1n) is 5.87. The maximum atomic E-state index is 13.8. The third-order valence-corrected chi connectivity index (χ3v) is 3.96. The first kappa shape index (κ1) is 13.4. The van der Waals surface area contributed by atoms with Crippen LogP contribution in [0.4, 0.5) is 4.39 Å². The molecule has 1 aromatic carbocycles. The van der Waals surface area contributed by atoms with E-state index in [1.54, 1.807) is 4.57 Å². The SMILES string of the molecule is O=C(O)c1cn(C2CC2)c2cc(Cl)c(F)c(Cl)c2c1=O. The van der Waals surface area contributed by atoms with Gasteiger partial charge in [-0.05, 0) is 18.9 Å². The summed E-state index contributed by atoms with van der Waals surface area (Å²) in [5.74, 6) is -2.28. The normalized spacial score (nSPS) is 14.8. The molecule has 20 heavy (non-hydrogen) atoms. The van der Waals surface area contributed by atoms with Crippen LogP contribution < -0.4 is 5.43 Å². The molecule has 0 spiro atoms. The predicted molar refractivity (Wildman–Crippen MR) is 73.4 cm³/mol. The molecule has 1 aliphatic carbocycles. The van der Waals surface area contributed by atoms with Gasteiger partial charge in [-0.25, -0.2) is 9.18 Å². The Morgan fingerprint density at radius 2 is 2.05 bits per heavy atom. The van der Waals surface area contributed by atoms with E-state index in [2.05, 4.69) is 0 Å². The molecule has 0 atom stereocenters. The zero-order chi connectivity index (χ0) is 14.6. The van der Waals surface area contributed by atoms with Crippen molar-refractivity contribution in [2.24, 2.45) is 0 Å². The minimum atomic E-state index is -1.36. The highest BCUT2D eigenvalue weighted by Gasteiger charge is 2.28. The van der Waals surface area contributed by atoms with E-state index in [9.17, 15) is 14.0 Å². The van der Waals surface area contributed by atoms with Crippen LogP contribution in [-0.4, -0.2) is 15.6 Å². The molecule has 1 aromatic heterocycles. The Bertz CT molecular complexity index is 812. The number of aromatic nitrogens is 1. The molecule has 4 nitrogen and oxygen atoms in total. The number of nitrogens with zero attached hydrogens (tertiary/aromatic N) is 1. The van der Waals surface area contributed by atoms with E-state index >= 15 is 0 Å². The molecular weight excluding hydrogens is 308 g/mol. The fourth-order valence-electron chi connectivity index (χ4n) is 2.21. The summed E-state index contributed by atoms with van der Waals surface area (Å²) in [6.45, 7) is 0. The van der Waals surface area contributed by atoms with Crippen LogP contribution in [-0.2, 0) is 0 Å². The van der Waals surface area contributed by atoms with E-state index < -0.39 is 27.8 Å². The van der Waals surface area contributed by atoms with Crippen molar-refractivity contribution in [1.82, 2.24) is 4.57 Å². The number of fused-ring (bicyclic) bond motifs is 1. The number of halogens is 3. The molecule has 104 valence electrons. The van der Waals surface area contributed by atoms with Gasteiger partial charge in [0, 0.05) is 12.2 Å². The van der Waals surface area contributed by atoms with Crippen molar-refractivity contribution in [2.75, 3.05) is 0 Å². The molecule has 1 N–H and O–H groups in total. The molecule has 3 rings (SSSR count). The lowest BCUT2D eigenvalue weighted by Gasteiger charge is -2.13. The molecule has 1 saturated carbocycles. The topological polar surface area (TPSA) is 59.3 Å². The molecule has 0 amide bonds. The predicted octanol–water partition coefficient (Wildman–Crippen LogP) is 3.48. The average Bonchev–Trinajstić information content (AvgIpc) is 3.20. The zero-order valence-electron chi connectivity index (χ0n) is 9.99. The van der Waals surface area contributed by atoms with Crippen LogP contribution in [0, 0.1) is 5.82 Å². The summed E-state index contributed by atoms with van der Waals surface area (Å²) < 4.78 is 15.4. The van der Waals surface area contributed by atoms with Gasteiger partial charge in [0.2, 0.25) is 5.43 Å². The Morgan fingerprint density at radius 3 is 2.60 bits per heavy atom. The summed E-state index contributed by atoms with van der Waals surface area (Å²) in [6.07, 6.45) is 3.00. The van der Waals surface area contributed by atoms with Crippen molar-refractivity contribution in [2.45, 2.75) is 18.9 Å². The largest absolute Gasteiger partial charge is 0.477 e. The van der Waals surface area contributed by atoms with Gasteiger partial charge in [0.1, 0.15) is 5.56 Å². The van der Waals surface area contributed by atoms with Gasteiger partial charge >= 0.3 is 5.97 Å². The molecule has 0 bridgehead atoms. The van der Waals surface area contributed by atoms with E-state index in [4.69, 9.17) is 28.3 Å². The number of carboxylic acids is 1. The molecule has 0 unspecified atom stereocenters. The van der Waals surface area contributed by atoms with Crippen LogP contribution in [0.5, 0.6) is 0 Å². The highest BCUT2D eigenvalue weighted by molar-refractivity contribution is 6.38. The molecule has 1 aliphatic rings. The van der Waals surface area contributed by atoms with Crippen LogP contribution in [0.15, 0.2) is 17.1 Å². The maximum absolute atomic E-state index is 13.8. The van der Waals surface area contributed by atoms with Gasteiger partial charge in [-0.15, -0.1) is 0 Å². The van der Waals surface area contributed by atoms with E-state index in [1.807, 2.05) is 0 Å². The lowest BCUT2D eigenvalue weighted by atomic mass is 10.1. The van der Waals surface area contributed by atoms with Gasteiger partial charge in [-0.1, -0.05) is 23.2 Å². The minimum Gasteiger partial charge on any atom is -0.477 e. The molecule has 7 heteroatoms. The van der Waals surface area contributed by atoms with Crippen molar-refractivity contribution in [1.29, 1.82) is 0 Å². The Kier molecular flexibility index (Phi) is 2.99. The lowest BCUT2D eigenvalue weighted by molar-refractivity contribution is 0.0695. The molecule has 2 aromatic rings. The Labute approximate surface area is 122 Å². The molecule has 1 fully saturated rings. The monoisotopic (exact) mass is 315 g/mol. The van der Waals surface area contributed by atoms with E-state index in [0.29, 0.717) is 5.52 Å². The average molecular weight is 316 g/mol. The summed E-state index contributed by atoms with van der Waals surface area (Å²) >= 11 is 11.6. The zero-order valence-corrected chi connectivity index (χ0v) is 11.5. The summed E-state index contributed by atoms with van der Waals surface area (Å²) in [4.78, 5) is 23.3. The molecule has 0 aliphatic heterocycles. The maximum Gasteiger partial charge on any atom is 0.341 e. The van der Waals surface area contributed by atoms with Crippen molar-refractivity contribution in [3.05, 3.63) is 43.9 Å². The number of hydrogen-bond acceptors (Lipinski definition) is 2. The quantitative estimate of drug-likeness (QED) is 0.863. The first-order chi connectivity index (χ1) is 9.41. The molecule has 0 radical (unpaired) electrons. The van der Waals surface area contributed by atoms with Gasteiger partial charge in [0.05, 0.1) is 20.9 Å². The fourth-order valence-corrected chi connectivity index (χ4v) is 2.74. The fraction of sp³-hybridized carbons (Fsp3) is 0.231. The Morgan fingerprint density at radius 1 is 1.40 bits per heavy atom. The molecule has 0 saturated heterocycles. The van der Waals surface area contributed by atoms with Crippen molar-refractivity contribution < 1.29 is 14.3 Å². The lowest BCUT2D eigenvalue weighted by Crippen LogP contribution is -2.19. The number of carboxylic acid groups (broad SMARTS) is 1. The van der Waals surface area contributed by atoms with Crippen molar-refractivity contribution in [3.63, 3.8) is 0 Å². The van der Waals surface area contributed by atoms with Crippen LogP contribution >= 0.6 is 23.2 Å². The Hall–Kier alpha value is -1.59. The smallest absolute Gasteiger partial charge is 0.341 e. The van der Waals surface area contributed by atoms with E-state index in [-0.39, 0.29) is 16.5 Å². The van der Waals surface area contributed by atoms with Gasteiger partial charge in [0.15, 0.2) is 5.82 Å². The second-order valence-electron chi connectivity index (χ2n) is 4.70. The van der Waals surface area contributed by atoms with Crippen LogP contribution in [0.25, 0.3) is 10.9 Å². The number of carbonyl (C=O) groups is 1. The van der Waals surface area contributed by atoms with Gasteiger partial charge < -0.3 is 9.67 Å². The molecular formula is C13H8Cl2FNO3. The second kappa shape index (κ2) is 4.46.